The van der Waals surface area contributed by atoms with E-state index in [1.807, 2.05) is 24.3 Å². The quantitative estimate of drug-likeness (QED) is 0.729. The van der Waals surface area contributed by atoms with Crippen LogP contribution in [0.3, 0.4) is 0 Å². The molecule has 0 fully saturated rings. The summed E-state index contributed by atoms with van der Waals surface area (Å²) in [7, 11) is 0. The van der Waals surface area contributed by atoms with E-state index in [0.29, 0.717) is 19.3 Å². The van der Waals surface area contributed by atoms with Gasteiger partial charge in [-0.1, -0.05) is 24.3 Å². The zero-order chi connectivity index (χ0) is 12.0. The number of hydrogen-bond donors (Lipinski definition) is 2. The Morgan fingerprint density at radius 1 is 1.38 bits per heavy atom. The van der Waals surface area contributed by atoms with Crippen LogP contribution in [-0.4, -0.2) is 17.1 Å². The second kappa shape index (κ2) is 5.94. The molecule has 3 N–H and O–H groups in total. The molecule has 0 amide bonds. The standard InChI is InChI=1S/C13H15NO2/c1-2-3-10-4-6-11(7-5-10)8-9-12(14)13(15)16/h1,4-7,12H,3,8-9,14H2,(H,15,16)/t12-/m0/s1. The Balaban J connectivity index is 2.50. The number of benzene rings is 1. The molecule has 1 rings (SSSR count). The predicted octanol–water partition coefficient (Wildman–Crippen LogP) is 1.21. The van der Waals surface area contributed by atoms with Crippen LogP contribution in [0, 0.1) is 12.3 Å². The van der Waals surface area contributed by atoms with Gasteiger partial charge in [-0.3, -0.25) is 4.79 Å². The molecule has 0 radical (unpaired) electrons. The number of carboxylic acid groups (broad SMARTS) is 1. The zero-order valence-corrected chi connectivity index (χ0v) is 9.02. The molecule has 0 heterocycles. The van der Waals surface area contributed by atoms with Crippen molar-refractivity contribution in [3.05, 3.63) is 35.4 Å². The van der Waals surface area contributed by atoms with Gasteiger partial charge < -0.3 is 10.8 Å². The third-order valence-electron chi connectivity index (χ3n) is 2.39. The first kappa shape index (κ1) is 12.3. The Labute approximate surface area is 95.3 Å². The van der Waals surface area contributed by atoms with Gasteiger partial charge in [-0.25, -0.2) is 0 Å². The van der Waals surface area contributed by atoms with E-state index in [1.54, 1.807) is 0 Å². The molecule has 0 aliphatic rings. The summed E-state index contributed by atoms with van der Waals surface area (Å²) in [5, 5.41) is 8.63. The minimum absolute atomic E-state index is 0.448. The van der Waals surface area contributed by atoms with Crippen LogP contribution in [-0.2, 0) is 17.6 Å². The molecule has 0 spiro atoms. The normalized spacial score (nSPS) is 11.8. The van der Waals surface area contributed by atoms with Gasteiger partial charge in [0.25, 0.3) is 0 Å². The van der Waals surface area contributed by atoms with Crippen molar-refractivity contribution in [3.63, 3.8) is 0 Å². The highest BCUT2D eigenvalue weighted by atomic mass is 16.4. The van der Waals surface area contributed by atoms with Crippen LogP contribution in [0.25, 0.3) is 0 Å². The Bertz CT molecular complexity index is 389. The minimum atomic E-state index is -0.955. The van der Waals surface area contributed by atoms with Crippen LogP contribution in [0.5, 0.6) is 0 Å². The van der Waals surface area contributed by atoms with Crippen molar-refractivity contribution >= 4 is 5.97 Å². The fraction of sp³-hybridized carbons (Fsp3) is 0.308. The maximum atomic E-state index is 10.5. The van der Waals surface area contributed by atoms with Gasteiger partial charge in [-0.2, -0.15) is 0 Å². The van der Waals surface area contributed by atoms with Gasteiger partial charge in [-0.15, -0.1) is 12.3 Å². The lowest BCUT2D eigenvalue weighted by Crippen LogP contribution is -2.30. The smallest absolute Gasteiger partial charge is 0.320 e. The summed E-state index contributed by atoms with van der Waals surface area (Å²) in [4.78, 5) is 10.5. The van der Waals surface area contributed by atoms with E-state index in [4.69, 9.17) is 17.3 Å². The van der Waals surface area contributed by atoms with Crippen LogP contribution in [0.1, 0.15) is 17.5 Å². The molecule has 1 aromatic rings. The number of aliphatic carboxylic acids is 1. The molecule has 0 bridgehead atoms. The highest BCUT2D eigenvalue weighted by molar-refractivity contribution is 5.73. The Morgan fingerprint density at radius 3 is 2.44 bits per heavy atom. The maximum Gasteiger partial charge on any atom is 0.320 e. The molecular formula is C13H15NO2. The number of nitrogens with two attached hydrogens (primary N) is 1. The van der Waals surface area contributed by atoms with E-state index >= 15 is 0 Å². The maximum absolute atomic E-state index is 10.5. The van der Waals surface area contributed by atoms with Crippen LogP contribution in [0.4, 0.5) is 0 Å². The molecule has 0 saturated carbocycles. The molecule has 1 aromatic carbocycles. The summed E-state index contributed by atoms with van der Waals surface area (Å²) < 4.78 is 0. The summed E-state index contributed by atoms with van der Waals surface area (Å²) in [6.07, 6.45) is 6.94. The average molecular weight is 217 g/mol. The highest BCUT2D eigenvalue weighted by Gasteiger charge is 2.10. The second-order valence-electron chi connectivity index (χ2n) is 3.68. The summed E-state index contributed by atoms with van der Waals surface area (Å²) in [5.74, 6) is 1.62. The molecular weight excluding hydrogens is 202 g/mol. The average Bonchev–Trinajstić information content (AvgIpc) is 2.28. The molecule has 3 heteroatoms. The third-order valence-corrected chi connectivity index (χ3v) is 2.39. The Kier molecular flexibility index (Phi) is 4.56. The van der Waals surface area contributed by atoms with Crippen molar-refractivity contribution in [2.75, 3.05) is 0 Å². The zero-order valence-electron chi connectivity index (χ0n) is 9.02. The van der Waals surface area contributed by atoms with Gasteiger partial charge in [0.05, 0.1) is 0 Å². The lowest BCUT2D eigenvalue weighted by molar-refractivity contribution is -0.138. The SMILES string of the molecule is C#CCc1ccc(CC[C@H](N)C(=O)O)cc1. The predicted molar refractivity (Wildman–Crippen MR) is 62.9 cm³/mol. The first-order valence-electron chi connectivity index (χ1n) is 5.13. The highest BCUT2D eigenvalue weighted by Crippen LogP contribution is 2.08. The summed E-state index contributed by atoms with van der Waals surface area (Å²) in [6.45, 7) is 0. The van der Waals surface area contributed by atoms with Gasteiger partial charge in [0, 0.05) is 6.42 Å². The van der Waals surface area contributed by atoms with Gasteiger partial charge in [0.2, 0.25) is 0 Å². The minimum Gasteiger partial charge on any atom is -0.480 e. The molecule has 0 unspecified atom stereocenters. The third kappa shape index (κ3) is 3.76. The summed E-state index contributed by atoms with van der Waals surface area (Å²) >= 11 is 0. The van der Waals surface area contributed by atoms with Crippen LogP contribution < -0.4 is 5.73 Å². The molecule has 84 valence electrons. The molecule has 0 saturated heterocycles. The topological polar surface area (TPSA) is 63.3 Å². The first-order valence-corrected chi connectivity index (χ1v) is 5.13. The van der Waals surface area contributed by atoms with Crippen molar-refractivity contribution in [2.24, 2.45) is 5.73 Å². The number of aryl methyl sites for hydroxylation is 1. The van der Waals surface area contributed by atoms with Gasteiger partial charge >= 0.3 is 5.97 Å². The molecule has 1 atom stereocenters. The van der Waals surface area contributed by atoms with Crippen LogP contribution in [0.15, 0.2) is 24.3 Å². The monoisotopic (exact) mass is 217 g/mol. The molecule has 16 heavy (non-hydrogen) atoms. The fourth-order valence-corrected chi connectivity index (χ4v) is 1.39. The Morgan fingerprint density at radius 2 is 1.94 bits per heavy atom. The molecule has 0 aliphatic heterocycles. The van der Waals surface area contributed by atoms with E-state index < -0.39 is 12.0 Å². The van der Waals surface area contributed by atoms with Crippen LogP contribution in [0.2, 0.25) is 0 Å². The second-order valence-corrected chi connectivity index (χ2v) is 3.68. The van der Waals surface area contributed by atoms with E-state index in [-0.39, 0.29) is 0 Å². The first-order chi connectivity index (χ1) is 7.63. The number of terminal acetylenes is 1. The lowest BCUT2D eigenvalue weighted by Gasteiger charge is -2.06. The van der Waals surface area contributed by atoms with E-state index in [0.717, 1.165) is 11.1 Å². The van der Waals surface area contributed by atoms with E-state index in [1.165, 1.54) is 0 Å². The largest absolute Gasteiger partial charge is 0.480 e. The van der Waals surface area contributed by atoms with Crippen molar-refractivity contribution in [1.82, 2.24) is 0 Å². The molecule has 0 aromatic heterocycles. The van der Waals surface area contributed by atoms with E-state index in [9.17, 15) is 4.79 Å². The van der Waals surface area contributed by atoms with Crippen molar-refractivity contribution in [1.29, 1.82) is 0 Å². The molecule has 3 nitrogen and oxygen atoms in total. The van der Waals surface area contributed by atoms with E-state index in [2.05, 4.69) is 5.92 Å². The van der Waals surface area contributed by atoms with Crippen LogP contribution >= 0.6 is 0 Å². The van der Waals surface area contributed by atoms with Crippen molar-refractivity contribution < 1.29 is 9.90 Å². The van der Waals surface area contributed by atoms with Crippen molar-refractivity contribution in [3.8, 4) is 12.3 Å². The number of carboxylic acids is 1. The van der Waals surface area contributed by atoms with Gasteiger partial charge in [-0.05, 0) is 24.0 Å². The van der Waals surface area contributed by atoms with Gasteiger partial charge in [0.15, 0.2) is 0 Å². The number of carbonyl (C=O) groups is 1. The number of rotatable bonds is 5. The number of hydrogen-bond acceptors (Lipinski definition) is 2. The van der Waals surface area contributed by atoms with Crippen molar-refractivity contribution in [2.45, 2.75) is 25.3 Å². The molecule has 0 aliphatic carbocycles. The summed E-state index contributed by atoms with van der Waals surface area (Å²) in [6, 6.07) is 7.05. The summed E-state index contributed by atoms with van der Waals surface area (Å²) in [5.41, 5.74) is 7.59. The lowest BCUT2D eigenvalue weighted by atomic mass is 10.0. The van der Waals surface area contributed by atoms with Gasteiger partial charge in [0.1, 0.15) is 6.04 Å². The Hall–Kier alpha value is -1.79. The fourth-order valence-electron chi connectivity index (χ4n) is 1.39.